The van der Waals surface area contributed by atoms with Crippen LogP contribution < -0.4 is 10.3 Å². The van der Waals surface area contributed by atoms with Gasteiger partial charge in [-0.1, -0.05) is 24.8 Å². The second kappa shape index (κ2) is 8.60. The summed E-state index contributed by atoms with van der Waals surface area (Å²) >= 11 is 0. The van der Waals surface area contributed by atoms with E-state index in [1.54, 1.807) is 48.7 Å². The molecule has 0 aliphatic carbocycles. The van der Waals surface area contributed by atoms with Gasteiger partial charge >= 0.3 is 5.97 Å². The minimum Gasteiger partial charge on any atom is -0.493 e. The van der Waals surface area contributed by atoms with Crippen molar-refractivity contribution in [2.75, 3.05) is 13.7 Å². The van der Waals surface area contributed by atoms with Crippen LogP contribution in [-0.4, -0.2) is 34.2 Å². The van der Waals surface area contributed by atoms with Crippen LogP contribution in [0.1, 0.15) is 30.4 Å². The molecule has 0 spiro atoms. The van der Waals surface area contributed by atoms with Gasteiger partial charge in [0.1, 0.15) is 18.0 Å². The first-order valence-corrected chi connectivity index (χ1v) is 9.05. The maximum absolute atomic E-state index is 13.1. The first-order valence-electron chi connectivity index (χ1n) is 9.05. The van der Waals surface area contributed by atoms with Gasteiger partial charge in [0.15, 0.2) is 0 Å². The molecule has 7 heteroatoms. The van der Waals surface area contributed by atoms with Gasteiger partial charge in [-0.2, -0.15) is 4.98 Å². The van der Waals surface area contributed by atoms with Gasteiger partial charge in [0.05, 0.1) is 19.1 Å². The zero-order valence-electron chi connectivity index (χ0n) is 16.3. The number of ether oxygens (including phenoxy) is 2. The van der Waals surface area contributed by atoms with Crippen molar-refractivity contribution < 1.29 is 19.4 Å². The summed E-state index contributed by atoms with van der Waals surface area (Å²) in [5, 5.41) is 10.5. The van der Waals surface area contributed by atoms with Crippen molar-refractivity contribution in [2.45, 2.75) is 19.3 Å². The first kappa shape index (κ1) is 20.1. The van der Waals surface area contributed by atoms with Gasteiger partial charge in [-0.05, 0) is 42.3 Å². The number of hydrogen-bond acceptors (Lipinski definition) is 6. The maximum Gasteiger partial charge on any atom is 0.306 e. The molecule has 0 radical (unpaired) electrons. The lowest BCUT2D eigenvalue weighted by atomic mass is 9.89. The first-order chi connectivity index (χ1) is 13.9. The van der Waals surface area contributed by atoms with Crippen LogP contribution in [0.5, 0.6) is 11.6 Å². The predicted molar refractivity (Wildman–Crippen MR) is 108 cm³/mol. The highest BCUT2D eigenvalue weighted by Crippen LogP contribution is 2.32. The molecule has 1 atom stereocenters. The molecule has 3 rings (SSSR count). The molecule has 0 saturated carbocycles. The monoisotopic (exact) mass is 394 g/mol. The Morgan fingerprint density at radius 2 is 1.97 bits per heavy atom. The van der Waals surface area contributed by atoms with Crippen LogP contribution in [0.4, 0.5) is 0 Å². The van der Waals surface area contributed by atoms with E-state index in [4.69, 9.17) is 9.47 Å². The molecule has 2 aromatic heterocycles. The Hall–Kier alpha value is -3.61. The van der Waals surface area contributed by atoms with Crippen LogP contribution in [0, 0.1) is 0 Å². The fourth-order valence-corrected chi connectivity index (χ4v) is 3.04. The fraction of sp³-hybridized carbons (Fsp3) is 0.227. The highest BCUT2D eigenvalue weighted by atomic mass is 16.5. The highest BCUT2D eigenvalue weighted by Gasteiger charge is 2.26. The molecule has 7 nitrogen and oxygen atoms in total. The minimum absolute atomic E-state index is 0.0368. The molecule has 1 N–H and O–H groups in total. The zero-order chi connectivity index (χ0) is 21.0. The summed E-state index contributed by atoms with van der Waals surface area (Å²) in [7, 11) is 1.28. The molecule has 0 aliphatic heterocycles. The van der Waals surface area contributed by atoms with Crippen molar-refractivity contribution >= 4 is 11.6 Å². The second-order valence-corrected chi connectivity index (χ2v) is 6.73. The quantitative estimate of drug-likeness (QED) is 0.489. The van der Waals surface area contributed by atoms with E-state index in [1.165, 1.54) is 11.5 Å². The topological polar surface area (TPSA) is 90.1 Å². The molecule has 2 heterocycles. The molecular formula is C22H22N2O5. The van der Waals surface area contributed by atoms with Crippen LogP contribution in [-0.2, 0) is 9.53 Å². The Labute approximate surface area is 167 Å². The van der Waals surface area contributed by atoms with Gasteiger partial charge in [0.2, 0.25) is 5.88 Å². The number of nitrogens with zero attached hydrogens (tertiary/aromatic N) is 2. The highest BCUT2D eigenvalue weighted by molar-refractivity contribution is 5.71. The number of carbonyl (C=O) groups is 1. The Balaban J connectivity index is 2.07. The van der Waals surface area contributed by atoms with Crippen LogP contribution >= 0.6 is 0 Å². The molecule has 150 valence electrons. The Kier molecular flexibility index (Phi) is 5.97. The standard InChI is InChI=1S/C22H22N2O5/c1-14(2)13-29-16-9-7-15(8-10-16)17(12-19(25)28-3)20-21(26)23-18-6-4-5-11-24(18)22(20)27/h4-11,17,26H,1,12-13H2,2-3H3/t17-/m0/s1. The molecule has 3 aromatic rings. The summed E-state index contributed by atoms with van der Waals surface area (Å²) in [5.41, 5.74) is 1.46. The molecular weight excluding hydrogens is 372 g/mol. The smallest absolute Gasteiger partial charge is 0.306 e. The third-order valence-corrected chi connectivity index (χ3v) is 4.46. The number of esters is 1. The van der Waals surface area contributed by atoms with Gasteiger partial charge in [0.25, 0.3) is 5.56 Å². The third-order valence-electron chi connectivity index (χ3n) is 4.46. The number of pyridine rings is 1. The Morgan fingerprint density at radius 3 is 2.62 bits per heavy atom. The molecule has 0 aliphatic rings. The SMILES string of the molecule is C=C(C)COc1ccc([C@H](CC(=O)OC)c2c(O)nc3ccccn3c2=O)cc1. The van der Waals surface area contributed by atoms with Gasteiger partial charge in [-0.25, -0.2) is 0 Å². The number of aromatic nitrogens is 2. The molecule has 1 aromatic carbocycles. The molecule has 0 bridgehead atoms. The Bertz CT molecular complexity index is 1100. The summed E-state index contributed by atoms with van der Waals surface area (Å²) in [6.45, 7) is 6.05. The summed E-state index contributed by atoms with van der Waals surface area (Å²) in [5.74, 6) is -1.01. The lowest BCUT2D eigenvalue weighted by Gasteiger charge is -2.18. The van der Waals surface area contributed by atoms with E-state index in [0.717, 1.165) is 5.57 Å². The molecule has 0 amide bonds. The molecule has 29 heavy (non-hydrogen) atoms. The van der Waals surface area contributed by atoms with Crippen molar-refractivity contribution in [2.24, 2.45) is 0 Å². The van der Waals surface area contributed by atoms with Crippen LogP contribution in [0.15, 0.2) is 65.6 Å². The van der Waals surface area contributed by atoms with Crippen molar-refractivity contribution in [3.63, 3.8) is 0 Å². The van der Waals surface area contributed by atoms with Crippen molar-refractivity contribution in [3.05, 3.63) is 82.3 Å². The van der Waals surface area contributed by atoms with E-state index in [2.05, 4.69) is 11.6 Å². The van der Waals surface area contributed by atoms with E-state index in [9.17, 15) is 14.7 Å². The van der Waals surface area contributed by atoms with Crippen LogP contribution in [0.2, 0.25) is 0 Å². The van der Waals surface area contributed by atoms with Crippen molar-refractivity contribution in [1.29, 1.82) is 0 Å². The summed E-state index contributed by atoms with van der Waals surface area (Å²) in [6, 6.07) is 12.0. The number of benzene rings is 1. The van der Waals surface area contributed by atoms with Gasteiger partial charge in [-0.15, -0.1) is 0 Å². The van der Waals surface area contributed by atoms with E-state index in [1.807, 2.05) is 6.92 Å². The lowest BCUT2D eigenvalue weighted by Crippen LogP contribution is -2.24. The number of carbonyl (C=O) groups excluding carboxylic acids is 1. The van der Waals surface area contributed by atoms with E-state index in [0.29, 0.717) is 23.6 Å². The summed E-state index contributed by atoms with van der Waals surface area (Å²) < 4.78 is 11.7. The van der Waals surface area contributed by atoms with E-state index >= 15 is 0 Å². The van der Waals surface area contributed by atoms with Gasteiger partial charge < -0.3 is 14.6 Å². The fourth-order valence-electron chi connectivity index (χ4n) is 3.04. The number of methoxy groups -OCH3 is 1. The van der Waals surface area contributed by atoms with Gasteiger partial charge in [0, 0.05) is 12.1 Å². The normalized spacial score (nSPS) is 11.8. The largest absolute Gasteiger partial charge is 0.493 e. The number of rotatable bonds is 7. The molecule has 0 unspecified atom stereocenters. The third kappa shape index (κ3) is 4.45. The van der Waals surface area contributed by atoms with E-state index in [-0.39, 0.29) is 12.0 Å². The van der Waals surface area contributed by atoms with Crippen LogP contribution in [0.3, 0.4) is 0 Å². The minimum atomic E-state index is -0.727. The van der Waals surface area contributed by atoms with Crippen molar-refractivity contribution in [1.82, 2.24) is 9.38 Å². The molecule has 0 fully saturated rings. The maximum atomic E-state index is 13.1. The van der Waals surface area contributed by atoms with E-state index < -0.39 is 23.3 Å². The zero-order valence-corrected chi connectivity index (χ0v) is 16.3. The average Bonchev–Trinajstić information content (AvgIpc) is 2.71. The second-order valence-electron chi connectivity index (χ2n) is 6.73. The number of hydrogen-bond donors (Lipinski definition) is 1. The Morgan fingerprint density at radius 1 is 1.24 bits per heavy atom. The van der Waals surface area contributed by atoms with Crippen molar-refractivity contribution in [3.8, 4) is 11.6 Å². The summed E-state index contributed by atoms with van der Waals surface area (Å²) in [4.78, 5) is 29.2. The number of fused-ring (bicyclic) bond motifs is 1. The molecule has 0 saturated heterocycles. The average molecular weight is 394 g/mol. The van der Waals surface area contributed by atoms with Crippen LogP contribution in [0.25, 0.3) is 5.65 Å². The summed E-state index contributed by atoms with van der Waals surface area (Å²) in [6.07, 6.45) is 1.45. The predicted octanol–water partition coefficient (Wildman–Crippen LogP) is 3.05. The number of aromatic hydroxyl groups is 1. The van der Waals surface area contributed by atoms with Gasteiger partial charge in [-0.3, -0.25) is 14.0 Å². The lowest BCUT2D eigenvalue weighted by molar-refractivity contribution is -0.140.